The number of anilines is 1. The van der Waals surface area contributed by atoms with Gasteiger partial charge in [0, 0.05) is 12.0 Å². The van der Waals surface area contributed by atoms with Crippen molar-refractivity contribution in [3.8, 4) is 0 Å². The molecule has 132 valence electrons. The van der Waals surface area contributed by atoms with Gasteiger partial charge in [0.1, 0.15) is 5.69 Å². The van der Waals surface area contributed by atoms with Crippen LogP contribution in [0.3, 0.4) is 0 Å². The Morgan fingerprint density at radius 3 is 2.12 bits per heavy atom. The minimum absolute atomic E-state index is 0.0256. The monoisotopic (exact) mass is 340 g/mol. The smallest absolute Gasteiger partial charge is 0.292 e. The van der Waals surface area contributed by atoms with E-state index in [0.29, 0.717) is 17.5 Å². The average molecular weight is 340 g/mol. The van der Waals surface area contributed by atoms with Crippen LogP contribution in [0.25, 0.3) is 0 Å². The highest BCUT2D eigenvalue weighted by molar-refractivity contribution is 5.96. The van der Waals surface area contributed by atoms with Crippen molar-refractivity contribution < 1.29 is 9.72 Å². The summed E-state index contributed by atoms with van der Waals surface area (Å²) in [6, 6.07) is 6.32. The quantitative estimate of drug-likeness (QED) is 0.485. The van der Waals surface area contributed by atoms with Crippen LogP contribution in [-0.4, -0.2) is 10.8 Å². The second-order valence-corrected chi connectivity index (χ2v) is 6.79. The minimum Gasteiger partial charge on any atom is -0.320 e. The Morgan fingerprint density at radius 1 is 0.960 bits per heavy atom. The van der Waals surface area contributed by atoms with Crippen LogP contribution in [0.4, 0.5) is 11.4 Å². The van der Waals surface area contributed by atoms with Gasteiger partial charge in [-0.1, -0.05) is 36.4 Å². The molecule has 25 heavy (non-hydrogen) atoms. The second kappa shape index (κ2) is 8.10. The van der Waals surface area contributed by atoms with E-state index in [1.165, 1.54) is 6.07 Å². The molecule has 0 bridgehead atoms. The van der Waals surface area contributed by atoms with Crippen molar-refractivity contribution >= 4 is 17.3 Å². The summed E-state index contributed by atoms with van der Waals surface area (Å²) >= 11 is 0. The molecule has 1 aromatic carbocycles. The van der Waals surface area contributed by atoms with Gasteiger partial charge in [0.25, 0.3) is 5.69 Å². The van der Waals surface area contributed by atoms with Gasteiger partial charge in [0.2, 0.25) is 5.91 Å². The van der Waals surface area contributed by atoms with E-state index >= 15 is 0 Å². The van der Waals surface area contributed by atoms with Crippen LogP contribution in [0.5, 0.6) is 0 Å². The van der Waals surface area contributed by atoms with Crippen molar-refractivity contribution in [3.05, 3.63) is 58.7 Å². The number of hydrogen-bond acceptors (Lipinski definition) is 3. The van der Waals surface area contributed by atoms with Crippen molar-refractivity contribution in [2.75, 3.05) is 5.32 Å². The van der Waals surface area contributed by atoms with Crippen LogP contribution >= 0.6 is 0 Å². The van der Waals surface area contributed by atoms with Crippen LogP contribution in [0, 0.1) is 27.9 Å². The molecule has 3 rings (SSSR count). The van der Waals surface area contributed by atoms with E-state index in [9.17, 15) is 14.9 Å². The highest BCUT2D eigenvalue weighted by Gasteiger charge is 2.53. The number of carbonyl (C=O) groups is 1. The highest BCUT2D eigenvalue weighted by Crippen LogP contribution is 2.52. The third kappa shape index (κ3) is 4.35. The highest BCUT2D eigenvalue weighted by atomic mass is 16.6. The molecule has 0 aliphatic heterocycles. The molecule has 5 heteroatoms. The maximum Gasteiger partial charge on any atom is 0.292 e. The van der Waals surface area contributed by atoms with Gasteiger partial charge >= 0.3 is 0 Å². The number of carbonyl (C=O) groups excluding carboxylic acids is 1. The predicted molar refractivity (Wildman–Crippen MR) is 98.2 cm³/mol. The van der Waals surface area contributed by atoms with Crippen LogP contribution < -0.4 is 5.32 Å². The average Bonchev–Trinajstić information content (AvgIpc) is 3.27. The number of nitro groups is 1. The molecule has 1 unspecified atom stereocenters. The first-order valence-corrected chi connectivity index (χ1v) is 9.03. The lowest BCUT2D eigenvalue weighted by atomic mass is 10.1. The normalized spacial score (nSPS) is 28.6. The van der Waals surface area contributed by atoms with Crippen molar-refractivity contribution in [1.82, 2.24) is 0 Å². The fourth-order valence-corrected chi connectivity index (χ4v) is 3.82. The van der Waals surface area contributed by atoms with E-state index in [1.807, 2.05) is 0 Å². The predicted octanol–water partition coefficient (Wildman–Crippen LogP) is 4.86. The summed E-state index contributed by atoms with van der Waals surface area (Å²) < 4.78 is 0. The number of nitrogens with zero attached hydrogens (tertiary/aromatic N) is 1. The number of nitro benzene ring substituents is 1. The van der Waals surface area contributed by atoms with Gasteiger partial charge < -0.3 is 5.32 Å². The summed E-state index contributed by atoms with van der Waals surface area (Å²) in [6.45, 7) is 0. The van der Waals surface area contributed by atoms with E-state index in [2.05, 4.69) is 29.6 Å². The summed E-state index contributed by atoms with van der Waals surface area (Å²) in [5.74, 6) is 0.676. The molecule has 2 aliphatic carbocycles. The Hall–Kier alpha value is -2.43. The van der Waals surface area contributed by atoms with E-state index in [4.69, 9.17) is 0 Å². The lowest BCUT2D eigenvalue weighted by molar-refractivity contribution is -0.383. The summed E-state index contributed by atoms with van der Waals surface area (Å²) in [6.07, 6.45) is 15.0. The molecule has 5 nitrogen and oxygen atoms in total. The zero-order chi connectivity index (χ0) is 17.6. The first-order valence-electron chi connectivity index (χ1n) is 9.03. The van der Waals surface area contributed by atoms with Crippen LogP contribution in [0.1, 0.15) is 38.5 Å². The topological polar surface area (TPSA) is 72.2 Å². The maximum atomic E-state index is 12.7. The number of hydrogen-bond donors (Lipinski definition) is 1. The number of benzene rings is 1. The molecule has 1 saturated carbocycles. The SMILES string of the molecule is O=C(Nc1ccccc1[N+](=O)[O-])C1[C@H]2CC/C=C/CC/C=C\CC[C@@H]12. The summed E-state index contributed by atoms with van der Waals surface area (Å²) in [4.78, 5) is 23.3. The Bertz CT molecular complexity index is 672. The molecular weight excluding hydrogens is 316 g/mol. The zero-order valence-corrected chi connectivity index (χ0v) is 14.3. The van der Waals surface area contributed by atoms with Gasteiger partial charge in [-0.3, -0.25) is 14.9 Å². The number of rotatable bonds is 3. The fourth-order valence-electron chi connectivity index (χ4n) is 3.82. The third-order valence-electron chi connectivity index (χ3n) is 5.16. The largest absolute Gasteiger partial charge is 0.320 e. The van der Waals surface area contributed by atoms with Crippen LogP contribution in [0.2, 0.25) is 0 Å². The number of nitrogens with one attached hydrogen (secondary N) is 1. The number of para-hydroxylation sites is 2. The molecule has 0 spiro atoms. The molecule has 0 radical (unpaired) electrons. The summed E-state index contributed by atoms with van der Waals surface area (Å²) in [5.41, 5.74) is 0.237. The molecule has 2 aliphatic rings. The number of fused-ring (bicyclic) bond motifs is 1. The van der Waals surface area contributed by atoms with Crippen molar-refractivity contribution in [1.29, 1.82) is 0 Å². The zero-order valence-electron chi connectivity index (χ0n) is 14.3. The van der Waals surface area contributed by atoms with Gasteiger partial charge in [-0.2, -0.15) is 0 Å². The Kier molecular flexibility index (Phi) is 5.64. The van der Waals surface area contributed by atoms with Crippen LogP contribution in [-0.2, 0) is 4.79 Å². The van der Waals surface area contributed by atoms with E-state index in [1.54, 1.807) is 18.2 Å². The first kappa shape index (κ1) is 17.4. The standard InChI is InChI=1S/C20H24N2O3/c23-20(21-17-13-9-10-14-18(17)22(24)25)19-15-11-7-5-3-1-2-4-6-8-12-16(15)19/h3-6,9-10,13-16,19H,1-2,7-8,11-12H2,(H,21,23)/b5-3-,6-4+/t15-,16+,19?/m1/s1. The van der Waals surface area contributed by atoms with Gasteiger partial charge in [0.15, 0.2) is 0 Å². The Morgan fingerprint density at radius 2 is 1.52 bits per heavy atom. The molecule has 1 fully saturated rings. The van der Waals surface area contributed by atoms with E-state index in [0.717, 1.165) is 38.5 Å². The first-order chi connectivity index (χ1) is 12.2. The molecule has 3 atom stereocenters. The molecule has 0 aromatic heterocycles. The lowest BCUT2D eigenvalue weighted by Gasteiger charge is -2.05. The molecule has 1 aromatic rings. The minimum atomic E-state index is -0.456. The third-order valence-corrected chi connectivity index (χ3v) is 5.16. The van der Waals surface area contributed by atoms with E-state index < -0.39 is 4.92 Å². The molecule has 0 saturated heterocycles. The molecule has 0 heterocycles. The second-order valence-electron chi connectivity index (χ2n) is 6.79. The van der Waals surface area contributed by atoms with Crippen molar-refractivity contribution in [2.24, 2.45) is 17.8 Å². The Labute approximate surface area is 148 Å². The maximum absolute atomic E-state index is 12.7. The van der Waals surface area contributed by atoms with Crippen LogP contribution in [0.15, 0.2) is 48.6 Å². The molecule has 1 N–H and O–H groups in total. The van der Waals surface area contributed by atoms with Gasteiger partial charge in [-0.05, 0) is 56.4 Å². The van der Waals surface area contributed by atoms with Gasteiger partial charge in [-0.15, -0.1) is 0 Å². The molecule has 1 amide bonds. The van der Waals surface area contributed by atoms with Gasteiger partial charge in [0.05, 0.1) is 4.92 Å². The summed E-state index contributed by atoms with van der Waals surface area (Å²) in [7, 11) is 0. The number of amides is 1. The van der Waals surface area contributed by atoms with E-state index in [-0.39, 0.29) is 17.5 Å². The Balaban J connectivity index is 1.67. The van der Waals surface area contributed by atoms with Gasteiger partial charge in [-0.25, -0.2) is 0 Å². The fraction of sp³-hybridized carbons (Fsp3) is 0.450. The lowest BCUT2D eigenvalue weighted by Crippen LogP contribution is -2.16. The molecular formula is C20H24N2O3. The van der Waals surface area contributed by atoms with Crippen molar-refractivity contribution in [2.45, 2.75) is 38.5 Å². The number of allylic oxidation sites excluding steroid dienone is 4. The van der Waals surface area contributed by atoms with Crippen molar-refractivity contribution in [3.63, 3.8) is 0 Å². The summed E-state index contributed by atoms with van der Waals surface area (Å²) in [5, 5.41) is 13.9.